The van der Waals surface area contributed by atoms with Crippen LogP contribution in [0.1, 0.15) is 11.8 Å². The molecule has 7 N–H and O–H groups in total. The van der Waals surface area contributed by atoms with E-state index in [1.165, 1.54) is 12.3 Å². The summed E-state index contributed by atoms with van der Waals surface area (Å²) in [5.74, 6) is -0.828. The number of H-pyrrole nitrogens is 1. The van der Waals surface area contributed by atoms with Crippen LogP contribution in [0.5, 0.6) is 0 Å². The molecule has 15 heteroatoms. The summed E-state index contributed by atoms with van der Waals surface area (Å²) in [6, 6.07) is 7.42. The average Bonchev–Trinajstić information content (AvgIpc) is 3.37. The van der Waals surface area contributed by atoms with E-state index in [0.29, 0.717) is 5.56 Å². The number of nitrogens with zero attached hydrogens (tertiary/aromatic N) is 2. The molecule has 6 atom stereocenters. The molecular weight excluding hydrogens is 497 g/mol. The standard InChI is InChI=1S/C21H26N5O9P/c1-33-20(29)14(8-11-9-23-13-5-3-2-4-12(11)13)25-36(31,32)34-10-15-17(27)18(28)19(35-15)26-7-6-16(22)24-21(26)30/h2-7,9,14-15,17-19,23,27-28H,8,10H2,1H3,(H2,22,24,30)(H2,25,31,32)/t14-,15+,17+,18-,19+/m0/s1. The minimum atomic E-state index is -4.63. The number of para-hydroxylation sites is 1. The molecule has 0 radical (unpaired) electrons. The van der Waals surface area contributed by atoms with Crippen molar-refractivity contribution in [2.24, 2.45) is 0 Å². The van der Waals surface area contributed by atoms with Crippen molar-refractivity contribution < 1.29 is 38.5 Å². The maximum Gasteiger partial charge on any atom is 0.403 e. The number of methoxy groups -OCH3 is 1. The van der Waals surface area contributed by atoms with E-state index in [9.17, 15) is 29.3 Å². The Balaban J connectivity index is 1.43. The van der Waals surface area contributed by atoms with Gasteiger partial charge in [0.25, 0.3) is 0 Å². The van der Waals surface area contributed by atoms with E-state index in [1.54, 1.807) is 6.20 Å². The van der Waals surface area contributed by atoms with Gasteiger partial charge in [-0.3, -0.25) is 13.9 Å². The molecular formula is C21H26N5O9P. The normalized spacial score (nSPS) is 24.4. The van der Waals surface area contributed by atoms with Crippen LogP contribution >= 0.6 is 7.75 Å². The molecule has 4 rings (SSSR count). The second-order valence-electron chi connectivity index (χ2n) is 8.17. The van der Waals surface area contributed by atoms with Crippen molar-refractivity contribution in [3.8, 4) is 0 Å². The summed E-state index contributed by atoms with van der Waals surface area (Å²) < 4.78 is 29.0. The highest BCUT2D eigenvalue weighted by molar-refractivity contribution is 7.50. The fraction of sp³-hybridized carbons (Fsp3) is 0.381. The zero-order valence-corrected chi connectivity index (χ0v) is 19.9. The van der Waals surface area contributed by atoms with Gasteiger partial charge in [0.1, 0.15) is 30.2 Å². The van der Waals surface area contributed by atoms with Crippen molar-refractivity contribution in [3.63, 3.8) is 0 Å². The second-order valence-corrected chi connectivity index (χ2v) is 9.73. The number of carbonyl (C=O) groups excluding carboxylic acids is 1. The number of aliphatic hydroxyl groups excluding tert-OH is 2. The van der Waals surface area contributed by atoms with Crippen LogP contribution in [-0.4, -0.2) is 73.7 Å². The van der Waals surface area contributed by atoms with Crippen LogP contribution in [0.3, 0.4) is 0 Å². The monoisotopic (exact) mass is 523 g/mol. The van der Waals surface area contributed by atoms with Crippen molar-refractivity contribution in [1.29, 1.82) is 0 Å². The van der Waals surface area contributed by atoms with E-state index in [2.05, 4.69) is 15.1 Å². The van der Waals surface area contributed by atoms with Gasteiger partial charge in [0.05, 0.1) is 13.7 Å². The third-order valence-electron chi connectivity index (χ3n) is 5.78. The van der Waals surface area contributed by atoms with Gasteiger partial charge in [-0.1, -0.05) is 18.2 Å². The third kappa shape index (κ3) is 5.50. The number of benzene rings is 1. The number of nitrogen functional groups attached to an aromatic ring is 1. The van der Waals surface area contributed by atoms with Crippen LogP contribution in [0.4, 0.5) is 5.82 Å². The van der Waals surface area contributed by atoms with Gasteiger partial charge >= 0.3 is 19.4 Å². The minimum absolute atomic E-state index is 0.0149. The van der Waals surface area contributed by atoms with Gasteiger partial charge in [0.2, 0.25) is 0 Å². The second kappa shape index (κ2) is 10.5. The third-order valence-corrected chi connectivity index (χ3v) is 6.92. The molecule has 0 bridgehead atoms. The number of carbonyl (C=O) groups is 1. The lowest BCUT2D eigenvalue weighted by Crippen LogP contribution is -2.39. The first kappa shape index (κ1) is 26.0. The fourth-order valence-corrected chi connectivity index (χ4v) is 4.98. The molecule has 3 aromatic rings. The molecule has 1 saturated heterocycles. The zero-order chi connectivity index (χ0) is 26.0. The number of aromatic nitrogens is 3. The molecule has 1 fully saturated rings. The van der Waals surface area contributed by atoms with Gasteiger partial charge in [-0.25, -0.2) is 14.4 Å². The Morgan fingerprint density at radius 3 is 2.81 bits per heavy atom. The molecule has 3 heterocycles. The number of nitrogens with one attached hydrogen (secondary N) is 2. The quantitative estimate of drug-likeness (QED) is 0.154. The highest BCUT2D eigenvalue weighted by Crippen LogP contribution is 2.40. The van der Waals surface area contributed by atoms with Crippen molar-refractivity contribution >= 4 is 30.4 Å². The maximum atomic E-state index is 12.8. The summed E-state index contributed by atoms with van der Waals surface area (Å²) in [4.78, 5) is 41.4. The maximum absolute atomic E-state index is 12.8. The van der Waals surface area contributed by atoms with E-state index in [1.807, 2.05) is 24.3 Å². The number of anilines is 1. The van der Waals surface area contributed by atoms with E-state index in [4.69, 9.17) is 19.7 Å². The first-order valence-corrected chi connectivity index (χ1v) is 12.4. The summed E-state index contributed by atoms with van der Waals surface area (Å²) in [6.45, 7) is -0.645. The van der Waals surface area contributed by atoms with Gasteiger partial charge in [0, 0.05) is 29.7 Å². The number of hydrogen-bond donors (Lipinski definition) is 6. The number of nitrogens with two attached hydrogens (primary N) is 1. The molecule has 1 aromatic carbocycles. The van der Waals surface area contributed by atoms with Crippen molar-refractivity contribution in [2.75, 3.05) is 19.5 Å². The molecule has 1 unspecified atom stereocenters. The minimum Gasteiger partial charge on any atom is -0.468 e. The van der Waals surface area contributed by atoms with Crippen molar-refractivity contribution in [1.82, 2.24) is 19.6 Å². The number of esters is 1. The molecule has 1 aliphatic heterocycles. The Bertz CT molecular complexity index is 1340. The van der Waals surface area contributed by atoms with Gasteiger partial charge < -0.3 is 35.3 Å². The highest BCUT2D eigenvalue weighted by atomic mass is 31.2. The summed E-state index contributed by atoms with van der Waals surface area (Å²) in [6.07, 6.45) is -2.78. The summed E-state index contributed by atoms with van der Waals surface area (Å²) in [5.41, 5.74) is 6.17. The summed E-state index contributed by atoms with van der Waals surface area (Å²) in [7, 11) is -3.49. The Hall–Kier alpha value is -3.10. The summed E-state index contributed by atoms with van der Waals surface area (Å²) in [5, 5.41) is 23.8. The molecule has 0 aliphatic carbocycles. The highest BCUT2D eigenvalue weighted by Gasteiger charge is 2.45. The van der Waals surface area contributed by atoms with Crippen molar-refractivity contribution in [3.05, 3.63) is 58.8 Å². The Morgan fingerprint density at radius 1 is 1.33 bits per heavy atom. The van der Waals surface area contributed by atoms with Gasteiger partial charge in [-0.2, -0.15) is 4.98 Å². The van der Waals surface area contributed by atoms with Gasteiger partial charge in [-0.05, 0) is 17.7 Å². The molecule has 14 nitrogen and oxygen atoms in total. The number of aromatic amines is 1. The lowest BCUT2D eigenvalue weighted by atomic mass is 10.1. The van der Waals surface area contributed by atoms with Crippen molar-refractivity contribution in [2.45, 2.75) is 37.0 Å². The number of hydrogen-bond acceptors (Lipinski definition) is 10. The molecule has 0 saturated carbocycles. The van der Waals surface area contributed by atoms with E-state index < -0.39 is 56.6 Å². The fourth-order valence-electron chi connectivity index (χ4n) is 3.97. The molecule has 0 spiro atoms. The van der Waals surface area contributed by atoms with Crippen LogP contribution in [0.15, 0.2) is 47.5 Å². The van der Waals surface area contributed by atoms with Crippen LogP contribution in [0, 0.1) is 0 Å². The van der Waals surface area contributed by atoms with Crippen LogP contribution < -0.4 is 16.5 Å². The Labute approximate surface area is 204 Å². The first-order chi connectivity index (χ1) is 17.1. The average molecular weight is 523 g/mol. The largest absolute Gasteiger partial charge is 0.468 e. The van der Waals surface area contributed by atoms with E-state index in [-0.39, 0.29) is 12.2 Å². The lowest BCUT2D eigenvalue weighted by Gasteiger charge is -2.22. The zero-order valence-electron chi connectivity index (χ0n) is 19.1. The SMILES string of the molecule is COC(=O)[C@H](Cc1c[nH]c2ccccc12)NP(=O)(O)OC[C@H]1O[C@@H](n2ccc(N)nc2=O)[C@@H](O)[C@@H]1O. The Kier molecular flexibility index (Phi) is 7.57. The Morgan fingerprint density at radius 2 is 2.08 bits per heavy atom. The smallest absolute Gasteiger partial charge is 0.403 e. The van der Waals surface area contributed by atoms with Crippen LogP contribution in [0.2, 0.25) is 0 Å². The van der Waals surface area contributed by atoms with Gasteiger partial charge in [0.15, 0.2) is 6.23 Å². The van der Waals surface area contributed by atoms with Crippen LogP contribution in [-0.2, 0) is 29.8 Å². The van der Waals surface area contributed by atoms with E-state index in [0.717, 1.165) is 22.6 Å². The molecule has 0 amide bonds. The predicted molar refractivity (Wildman–Crippen MR) is 126 cm³/mol. The van der Waals surface area contributed by atoms with Gasteiger partial charge in [-0.15, -0.1) is 0 Å². The van der Waals surface area contributed by atoms with Crippen LogP contribution in [0.25, 0.3) is 10.9 Å². The number of ether oxygens (including phenoxy) is 2. The number of rotatable bonds is 9. The number of aliphatic hydroxyl groups is 2. The van der Waals surface area contributed by atoms with E-state index >= 15 is 0 Å². The lowest BCUT2D eigenvalue weighted by molar-refractivity contribution is -0.142. The summed E-state index contributed by atoms with van der Waals surface area (Å²) >= 11 is 0. The number of fused-ring (bicyclic) bond motifs is 1. The first-order valence-electron chi connectivity index (χ1n) is 10.8. The molecule has 36 heavy (non-hydrogen) atoms. The molecule has 1 aliphatic rings. The molecule has 2 aromatic heterocycles. The molecule has 194 valence electrons. The topological polar surface area (TPSA) is 211 Å². The predicted octanol–water partition coefficient (Wildman–Crippen LogP) is -0.583.